The fourth-order valence-electron chi connectivity index (χ4n) is 3.32. The molecule has 0 saturated heterocycles. The van der Waals surface area contributed by atoms with E-state index in [1.54, 1.807) is 30.6 Å². The molecular weight excluding hydrogens is 344 g/mol. The number of carbonyl (C=O) groups excluding carboxylic acids is 1. The second-order valence-electron chi connectivity index (χ2n) is 6.70. The molecular formula is C20H16N4O3. The van der Waals surface area contributed by atoms with Gasteiger partial charge in [-0.25, -0.2) is 0 Å². The Kier molecular flexibility index (Phi) is 3.53. The maximum atomic E-state index is 12.6. The molecule has 0 radical (unpaired) electrons. The number of nitrogens with zero attached hydrogens (tertiary/aromatic N) is 3. The molecule has 1 aromatic carbocycles. The van der Waals surface area contributed by atoms with Crippen LogP contribution in [0.15, 0.2) is 63.8 Å². The van der Waals surface area contributed by atoms with E-state index in [-0.39, 0.29) is 5.91 Å². The van der Waals surface area contributed by atoms with Gasteiger partial charge in [-0.05, 0) is 43.5 Å². The first-order chi connectivity index (χ1) is 13.2. The fraction of sp³-hybridized carbons (Fsp3) is 0.200. The van der Waals surface area contributed by atoms with Crippen LogP contribution < -0.4 is 5.32 Å². The summed E-state index contributed by atoms with van der Waals surface area (Å²) in [5.74, 6) is 1.12. The van der Waals surface area contributed by atoms with Gasteiger partial charge in [0.05, 0.1) is 0 Å². The highest BCUT2D eigenvalue weighted by Gasteiger charge is 2.44. The van der Waals surface area contributed by atoms with Gasteiger partial charge in [0.25, 0.3) is 11.8 Å². The Labute approximate surface area is 154 Å². The van der Waals surface area contributed by atoms with Gasteiger partial charge in [-0.2, -0.15) is 4.98 Å². The number of hydrogen-bond donors (Lipinski definition) is 1. The largest absolute Gasteiger partial charge is 0.451 e. The molecule has 0 atom stereocenters. The first-order valence-corrected chi connectivity index (χ1v) is 8.79. The van der Waals surface area contributed by atoms with Crippen molar-refractivity contribution in [1.29, 1.82) is 0 Å². The normalized spacial score (nSPS) is 15.4. The van der Waals surface area contributed by atoms with E-state index in [0.29, 0.717) is 28.6 Å². The molecule has 27 heavy (non-hydrogen) atoms. The zero-order valence-electron chi connectivity index (χ0n) is 14.4. The Morgan fingerprint density at radius 1 is 1.15 bits per heavy atom. The second-order valence-corrected chi connectivity index (χ2v) is 6.70. The summed E-state index contributed by atoms with van der Waals surface area (Å²) in [6, 6.07) is 12.7. The Bertz CT molecular complexity index is 1080. The summed E-state index contributed by atoms with van der Waals surface area (Å²) in [6.07, 6.45) is 5.92. The van der Waals surface area contributed by atoms with E-state index >= 15 is 0 Å². The standard InChI is InChI=1S/C20H16N4O3/c25-17(13-5-2-1-3-6-13)23-20(8-4-9-20)19-22-18(27-24-19)16-11-14-12-21-10-7-15(14)26-16/h1-3,5-7,10-12H,4,8-9H2,(H,23,25). The predicted molar refractivity (Wildman–Crippen MR) is 96.7 cm³/mol. The van der Waals surface area contributed by atoms with Crippen LogP contribution in [0.1, 0.15) is 35.4 Å². The van der Waals surface area contributed by atoms with E-state index in [1.165, 1.54) is 0 Å². The van der Waals surface area contributed by atoms with E-state index < -0.39 is 5.54 Å². The lowest BCUT2D eigenvalue weighted by atomic mass is 9.76. The molecule has 3 aromatic heterocycles. The van der Waals surface area contributed by atoms with E-state index in [1.807, 2.05) is 24.3 Å². The molecule has 0 aliphatic heterocycles. The number of hydrogen-bond acceptors (Lipinski definition) is 6. The SMILES string of the molecule is O=C(NC1(c2noc(-c3cc4cnccc4o3)n2)CCC1)c1ccccc1. The number of rotatable bonds is 4. The number of pyridine rings is 1. The molecule has 1 aliphatic carbocycles. The number of carbonyl (C=O) groups is 1. The molecule has 1 fully saturated rings. The number of fused-ring (bicyclic) bond motifs is 1. The van der Waals surface area contributed by atoms with E-state index in [4.69, 9.17) is 8.94 Å². The Hall–Kier alpha value is -3.48. The topological polar surface area (TPSA) is 94.1 Å². The van der Waals surface area contributed by atoms with Crippen molar-refractivity contribution in [3.05, 3.63) is 66.2 Å². The van der Waals surface area contributed by atoms with Crippen molar-refractivity contribution in [3.63, 3.8) is 0 Å². The molecule has 0 bridgehead atoms. The van der Waals surface area contributed by atoms with Crippen LogP contribution in [0.4, 0.5) is 0 Å². The summed E-state index contributed by atoms with van der Waals surface area (Å²) < 4.78 is 11.2. The highest BCUT2D eigenvalue weighted by atomic mass is 16.5. The summed E-state index contributed by atoms with van der Waals surface area (Å²) in [7, 11) is 0. The molecule has 134 valence electrons. The maximum absolute atomic E-state index is 12.6. The molecule has 4 aromatic rings. The molecule has 1 aliphatic rings. The minimum Gasteiger partial charge on any atom is -0.451 e. The van der Waals surface area contributed by atoms with E-state index in [0.717, 1.165) is 24.6 Å². The number of aromatic nitrogens is 3. The number of benzene rings is 1. The van der Waals surface area contributed by atoms with Gasteiger partial charge < -0.3 is 14.3 Å². The first-order valence-electron chi connectivity index (χ1n) is 8.79. The third kappa shape index (κ3) is 2.68. The monoisotopic (exact) mass is 360 g/mol. The molecule has 0 spiro atoms. The minimum atomic E-state index is -0.595. The van der Waals surface area contributed by atoms with Crippen LogP contribution in [0.2, 0.25) is 0 Å². The van der Waals surface area contributed by atoms with Gasteiger partial charge in [0.15, 0.2) is 11.6 Å². The molecule has 1 amide bonds. The van der Waals surface area contributed by atoms with Crippen LogP contribution in [0.3, 0.4) is 0 Å². The molecule has 0 unspecified atom stereocenters. The smallest absolute Gasteiger partial charge is 0.293 e. The lowest BCUT2D eigenvalue weighted by molar-refractivity contribution is 0.0805. The third-order valence-electron chi connectivity index (χ3n) is 4.98. The van der Waals surface area contributed by atoms with Crippen molar-refractivity contribution in [1.82, 2.24) is 20.4 Å². The number of nitrogens with one attached hydrogen (secondary N) is 1. The van der Waals surface area contributed by atoms with Crippen molar-refractivity contribution in [2.24, 2.45) is 0 Å². The van der Waals surface area contributed by atoms with Crippen molar-refractivity contribution >= 4 is 16.9 Å². The Morgan fingerprint density at radius 2 is 2.00 bits per heavy atom. The van der Waals surface area contributed by atoms with E-state index in [9.17, 15) is 4.79 Å². The van der Waals surface area contributed by atoms with Gasteiger partial charge >= 0.3 is 0 Å². The van der Waals surface area contributed by atoms with Gasteiger partial charge in [-0.3, -0.25) is 9.78 Å². The zero-order chi connectivity index (χ0) is 18.3. The molecule has 1 N–H and O–H groups in total. The van der Waals surface area contributed by atoms with Crippen LogP contribution in [-0.2, 0) is 5.54 Å². The number of amides is 1. The van der Waals surface area contributed by atoms with Crippen molar-refractivity contribution in [2.45, 2.75) is 24.8 Å². The quantitative estimate of drug-likeness (QED) is 0.596. The molecule has 1 saturated carbocycles. The summed E-state index contributed by atoms with van der Waals surface area (Å²) in [5, 5.41) is 8.08. The molecule has 7 heteroatoms. The second kappa shape index (κ2) is 6.05. The average molecular weight is 360 g/mol. The van der Waals surface area contributed by atoms with Crippen LogP contribution >= 0.6 is 0 Å². The third-order valence-corrected chi connectivity index (χ3v) is 4.98. The number of furan rings is 1. The first kappa shape index (κ1) is 15.7. The predicted octanol–water partition coefficient (Wildman–Crippen LogP) is 3.69. The van der Waals surface area contributed by atoms with E-state index in [2.05, 4.69) is 20.4 Å². The van der Waals surface area contributed by atoms with Crippen LogP contribution in [-0.4, -0.2) is 21.0 Å². The average Bonchev–Trinajstić information content (AvgIpc) is 3.32. The molecule has 3 heterocycles. The Morgan fingerprint density at radius 3 is 2.74 bits per heavy atom. The summed E-state index contributed by atoms with van der Waals surface area (Å²) in [5.41, 5.74) is 0.718. The molecule has 5 rings (SSSR count). The van der Waals surface area contributed by atoms with Crippen molar-refractivity contribution < 1.29 is 13.7 Å². The maximum Gasteiger partial charge on any atom is 0.293 e. The van der Waals surface area contributed by atoms with Gasteiger partial charge in [0.2, 0.25) is 0 Å². The van der Waals surface area contributed by atoms with Crippen LogP contribution in [0.5, 0.6) is 0 Å². The van der Waals surface area contributed by atoms with Crippen LogP contribution in [0, 0.1) is 0 Å². The zero-order valence-corrected chi connectivity index (χ0v) is 14.4. The van der Waals surface area contributed by atoms with Crippen molar-refractivity contribution in [3.8, 4) is 11.7 Å². The highest BCUT2D eigenvalue weighted by molar-refractivity contribution is 5.94. The van der Waals surface area contributed by atoms with Gasteiger partial charge in [0, 0.05) is 23.3 Å². The lowest BCUT2D eigenvalue weighted by Crippen LogP contribution is -2.51. The summed E-state index contributed by atoms with van der Waals surface area (Å²) >= 11 is 0. The lowest BCUT2D eigenvalue weighted by Gasteiger charge is -2.39. The minimum absolute atomic E-state index is 0.142. The van der Waals surface area contributed by atoms with Gasteiger partial charge in [-0.15, -0.1) is 0 Å². The van der Waals surface area contributed by atoms with Crippen molar-refractivity contribution in [2.75, 3.05) is 0 Å². The highest BCUT2D eigenvalue weighted by Crippen LogP contribution is 2.41. The van der Waals surface area contributed by atoms with Gasteiger partial charge in [-0.1, -0.05) is 23.4 Å². The fourth-order valence-corrected chi connectivity index (χ4v) is 3.32. The van der Waals surface area contributed by atoms with Crippen LogP contribution in [0.25, 0.3) is 22.6 Å². The van der Waals surface area contributed by atoms with Gasteiger partial charge in [0.1, 0.15) is 11.1 Å². The summed E-state index contributed by atoms with van der Waals surface area (Å²) in [6.45, 7) is 0. The Balaban J connectivity index is 1.44. The molecule has 7 nitrogen and oxygen atoms in total. The summed E-state index contributed by atoms with van der Waals surface area (Å²) in [4.78, 5) is 21.2.